The number of nitrogens with zero attached hydrogens (tertiary/aromatic N) is 3. The molecule has 8 heteroatoms. The van der Waals surface area contributed by atoms with E-state index >= 15 is 0 Å². The number of aromatic nitrogens is 2. The molecule has 0 bridgehead atoms. The summed E-state index contributed by atoms with van der Waals surface area (Å²) in [4.78, 5) is 34.2. The van der Waals surface area contributed by atoms with Crippen LogP contribution in [0.2, 0.25) is 0 Å². The maximum absolute atomic E-state index is 13.0. The fourth-order valence-electron chi connectivity index (χ4n) is 3.69. The van der Waals surface area contributed by atoms with Crippen molar-refractivity contribution in [3.63, 3.8) is 0 Å². The van der Waals surface area contributed by atoms with Gasteiger partial charge in [0.25, 0.3) is 5.56 Å². The number of carbonyl (C=O) groups excluding carboxylic acids is 1. The molecule has 1 aliphatic rings. The molecule has 0 aliphatic carbocycles. The van der Waals surface area contributed by atoms with Crippen molar-refractivity contribution in [2.45, 2.75) is 39.3 Å². The first kappa shape index (κ1) is 21.0. The van der Waals surface area contributed by atoms with Gasteiger partial charge in [0, 0.05) is 41.5 Å². The lowest BCUT2D eigenvalue weighted by Gasteiger charge is -2.31. The topological polar surface area (TPSA) is 67.2 Å². The van der Waals surface area contributed by atoms with Gasteiger partial charge in [-0.15, -0.1) is 22.7 Å². The predicted molar refractivity (Wildman–Crippen MR) is 124 cm³/mol. The largest absolute Gasteiger partial charge is 0.352 e. The Labute approximate surface area is 183 Å². The van der Waals surface area contributed by atoms with Gasteiger partial charge in [0.15, 0.2) is 0 Å². The molecule has 158 valence electrons. The Morgan fingerprint density at radius 1 is 1.30 bits per heavy atom. The normalized spacial score (nSPS) is 15.4. The molecule has 4 heterocycles. The minimum Gasteiger partial charge on any atom is -0.352 e. The van der Waals surface area contributed by atoms with Crippen molar-refractivity contribution in [3.05, 3.63) is 51.2 Å². The summed E-state index contributed by atoms with van der Waals surface area (Å²) < 4.78 is 1.42. The first-order valence-electron chi connectivity index (χ1n) is 10.2. The van der Waals surface area contributed by atoms with Gasteiger partial charge in [-0.1, -0.05) is 17.7 Å². The van der Waals surface area contributed by atoms with Crippen molar-refractivity contribution >= 4 is 38.8 Å². The Morgan fingerprint density at radius 3 is 2.80 bits per heavy atom. The quantitative estimate of drug-likeness (QED) is 0.591. The molecule has 1 saturated heterocycles. The molecule has 0 atom stereocenters. The van der Waals surface area contributed by atoms with Crippen LogP contribution in [-0.2, 0) is 11.3 Å². The molecule has 6 nitrogen and oxygen atoms in total. The second-order valence-electron chi connectivity index (χ2n) is 7.91. The lowest BCUT2D eigenvalue weighted by atomic mass is 10.0. The Morgan fingerprint density at radius 2 is 2.10 bits per heavy atom. The maximum Gasteiger partial charge on any atom is 0.263 e. The molecule has 1 aliphatic heterocycles. The number of amides is 1. The summed E-state index contributed by atoms with van der Waals surface area (Å²) in [7, 11) is 0. The first-order valence-corrected chi connectivity index (χ1v) is 11.9. The number of likely N-dealkylation sites (tertiary alicyclic amines) is 1. The van der Waals surface area contributed by atoms with Crippen LogP contribution in [0.3, 0.4) is 0 Å². The first-order chi connectivity index (χ1) is 14.5. The van der Waals surface area contributed by atoms with E-state index in [0.29, 0.717) is 10.2 Å². The molecular weight excluding hydrogens is 416 g/mol. The number of piperidine rings is 1. The summed E-state index contributed by atoms with van der Waals surface area (Å²) in [6.45, 7) is 7.14. The van der Waals surface area contributed by atoms with Crippen LogP contribution >= 0.6 is 22.7 Å². The van der Waals surface area contributed by atoms with Crippen LogP contribution < -0.4 is 10.9 Å². The SMILES string of the molecule is CC(C)=CCN1CCC(NC(=O)Cn2cnc3scc(-c4cccs4)c3c2=O)CC1. The Bertz CT molecular complexity index is 1100. The van der Waals surface area contributed by atoms with Gasteiger partial charge in [0.1, 0.15) is 11.4 Å². The van der Waals surface area contributed by atoms with Crippen LogP contribution in [0.15, 0.2) is 45.7 Å². The minimum atomic E-state index is -0.156. The number of hydrogen-bond acceptors (Lipinski definition) is 6. The zero-order chi connectivity index (χ0) is 21.1. The van der Waals surface area contributed by atoms with Gasteiger partial charge in [-0.05, 0) is 38.1 Å². The van der Waals surface area contributed by atoms with E-state index < -0.39 is 0 Å². The van der Waals surface area contributed by atoms with E-state index in [0.717, 1.165) is 42.9 Å². The van der Waals surface area contributed by atoms with E-state index in [9.17, 15) is 9.59 Å². The van der Waals surface area contributed by atoms with Crippen LogP contribution in [0, 0.1) is 0 Å². The van der Waals surface area contributed by atoms with E-state index in [-0.39, 0.29) is 24.1 Å². The Balaban J connectivity index is 1.41. The highest BCUT2D eigenvalue weighted by Crippen LogP contribution is 2.33. The molecule has 0 radical (unpaired) electrons. The smallest absolute Gasteiger partial charge is 0.263 e. The molecule has 3 aromatic rings. The zero-order valence-electron chi connectivity index (χ0n) is 17.3. The molecule has 0 spiro atoms. The van der Waals surface area contributed by atoms with Crippen LogP contribution in [0.4, 0.5) is 0 Å². The summed E-state index contributed by atoms with van der Waals surface area (Å²) >= 11 is 3.06. The molecule has 0 aromatic carbocycles. The number of fused-ring (bicyclic) bond motifs is 1. The molecule has 0 unspecified atom stereocenters. The summed E-state index contributed by atoms with van der Waals surface area (Å²) in [5, 5.41) is 7.67. The average Bonchev–Trinajstić information content (AvgIpc) is 3.39. The highest BCUT2D eigenvalue weighted by atomic mass is 32.1. The van der Waals surface area contributed by atoms with Gasteiger partial charge in [0.2, 0.25) is 5.91 Å². The third-order valence-corrected chi connectivity index (χ3v) is 7.16. The molecule has 1 N–H and O–H groups in total. The van der Waals surface area contributed by atoms with Crippen molar-refractivity contribution in [2.75, 3.05) is 19.6 Å². The van der Waals surface area contributed by atoms with Crippen molar-refractivity contribution in [2.24, 2.45) is 0 Å². The molecule has 30 heavy (non-hydrogen) atoms. The second-order valence-corrected chi connectivity index (χ2v) is 9.71. The van der Waals surface area contributed by atoms with Gasteiger partial charge >= 0.3 is 0 Å². The van der Waals surface area contributed by atoms with Gasteiger partial charge in [-0.25, -0.2) is 4.98 Å². The number of carbonyl (C=O) groups is 1. The highest BCUT2D eigenvalue weighted by molar-refractivity contribution is 7.18. The van der Waals surface area contributed by atoms with Gasteiger partial charge in [-0.3, -0.25) is 19.1 Å². The van der Waals surface area contributed by atoms with Crippen LogP contribution in [0.5, 0.6) is 0 Å². The van der Waals surface area contributed by atoms with E-state index in [1.807, 2.05) is 22.9 Å². The lowest BCUT2D eigenvalue weighted by molar-refractivity contribution is -0.122. The number of hydrogen-bond donors (Lipinski definition) is 1. The van der Waals surface area contributed by atoms with E-state index in [1.54, 1.807) is 11.3 Å². The van der Waals surface area contributed by atoms with Crippen molar-refractivity contribution in [1.82, 2.24) is 19.8 Å². The average molecular weight is 443 g/mol. The predicted octanol–water partition coefficient (Wildman–Crippen LogP) is 3.73. The number of nitrogens with one attached hydrogen (secondary N) is 1. The van der Waals surface area contributed by atoms with Gasteiger partial charge in [-0.2, -0.15) is 0 Å². The summed E-state index contributed by atoms with van der Waals surface area (Å²) in [6, 6.07) is 4.13. The third kappa shape index (κ3) is 4.71. The number of allylic oxidation sites excluding steroid dienone is 1. The fraction of sp³-hybridized carbons (Fsp3) is 0.409. The molecular formula is C22H26N4O2S2. The van der Waals surface area contributed by atoms with Crippen molar-refractivity contribution < 1.29 is 4.79 Å². The minimum absolute atomic E-state index is 0.000514. The Hall–Kier alpha value is -2.29. The number of rotatable bonds is 6. The zero-order valence-corrected chi connectivity index (χ0v) is 18.9. The second kappa shape index (κ2) is 9.24. The van der Waals surface area contributed by atoms with E-state index in [4.69, 9.17) is 0 Å². The lowest BCUT2D eigenvalue weighted by Crippen LogP contribution is -2.46. The Kier molecular flexibility index (Phi) is 6.46. The van der Waals surface area contributed by atoms with Gasteiger partial charge < -0.3 is 5.32 Å². The van der Waals surface area contributed by atoms with E-state index in [2.05, 4.69) is 35.1 Å². The molecule has 3 aromatic heterocycles. The van der Waals surface area contributed by atoms with Crippen molar-refractivity contribution in [1.29, 1.82) is 0 Å². The summed E-state index contributed by atoms with van der Waals surface area (Å²) in [6.07, 6.45) is 5.59. The highest BCUT2D eigenvalue weighted by Gasteiger charge is 2.21. The molecule has 0 saturated carbocycles. The third-order valence-electron chi connectivity index (χ3n) is 5.37. The van der Waals surface area contributed by atoms with Crippen LogP contribution in [0.1, 0.15) is 26.7 Å². The summed E-state index contributed by atoms with van der Waals surface area (Å²) in [5.74, 6) is -0.131. The molecule has 1 fully saturated rings. The molecule has 1 amide bonds. The van der Waals surface area contributed by atoms with Gasteiger partial charge in [0.05, 0.1) is 11.7 Å². The monoisotopic (exact) mass is 442 g/mol. The number of thiophene rings is 2. The van der Waals surface area contributed by atoms with Crippen LogP contribution in [0.25, 0.3) is 20.7 Å². The molecule has 4 rings (SSSR count). The van der Waals surface area contributed by atoms with E-state index in [1.165, 1.54) is 27.8 Å². The standard InChI is InChI=1S/C22H26N4O2S2/c1-15(2)5-8-25-9-6-16(7-10-25)24-19(27)12-26-14-23-21-20(22(26)28)17(13-30-21)18-4-3-11-29-18/h3-5,11,13-14,16H,6-10,12H2,1-2H3,(H,24,27). The van der Waals surface area contributed by atoms with Crippen LogP contribution in [-0.4, -0.2) is 46.0 Å². The summed E-state index contributed by atoms with van der Waals surface area (Å²) in [5.41, 5.74) is 2.08. The fourth-order valence-corrected chi connectivity index (χ4v) is 5.41. The maximum atomic E-state index is 13.0. The van der Waals surface area contributed by atoms with Crippen molar-refractivity contribution in [3.8, 4) is 10.4 Å².